The standard InChI is InChI=1S/C29H30N2O3/c1-20(2)19-34-24-16-14-23(15-17-24)26-27(30(4)18-22-11-6-5-7-12-22)29(33)31(28(26)32)25-13-9-8-10-21(25)3/h5-17,20H,18-19H2,1-4H3. The zero-order valence-electron chi connectivity index (χ0n) is 20.1. The van der Waals surface area contributed by atoms with Crippen molar-refractivity contribution in [2.45, 2.75) is 27.3 Å². The Kier molecular flexibility index (Phi) is 6.82. The fourth-order valence-electron chi connectivity index (χ4n) is 4.08. The number of nitrogens with zero attached hydrogens (tertiary/aromatic N) is 2. The third-order valence-electron chi connectivity index (χ3n) is 5.79. The van der Waals surface area contributed by atoms with Gasteiger partial charge in [0, 0.05) is 13.6 Å². The summed E-state index contributed by atoms with van der Waals surface area (Å²) in [6.07, 6.45) is 0. The van der Waals surface area contributed by atoms with Crippen molar-refractivity contribution in [3.63, 3.8) is 0 Å². The molecule has 0 unspecified atom stereocenters. The smallest absolute Gasteiger partial charge is 0.282 e. The Labute approximate surface area is 201 Å². The van der Waals surface area contributed by atoms with Gasteiger partial charge in [0.25, 0.3) is 11.8 Å². The molecule has 174 valence electrons. The Balaban J connectivity index is 1.74. The second kappa shape index (κ2) is 9.96. The van der Waals surface area contributed by atoms with Crippen LogP contribution in [-0.2, 0) is 16.1 Å². The molecule has 5 heteroatoms. The third-order valence-corrected chi connectivity index (χ3v) is 5.79. The minimum absolute atomic E-state index is 0.312. The molecule has 4 rings (SSSR count). The van der Waals surface area contributed by atoms with E-state index in [9.17, 15) is 9.59 Å². The first-order chi connectivity index (χ1) is 16.4. The van der Waals surface area contributed by atoms with Crippen LogP contribution in [0.5, 0.6) is 5.75 Å². The van der Waals surface area contributed by atoms with E-state index in [0.717, 1.165) is 16.9 Å². The number of aryl methyl sites for hydroxylation is 1. The zero-order valence-corrected chi connectivity index (χ0v) is 20.1. The molecule has 0 aliphatic carbocycles. The molecule has 0 spiro atoms. The van der Waals surface area contributed by atoms with Gasteiger partial charge in [-0.25, -0.2) is 4.90 Å². The van der Waals surface area contributed by atoms with Crippen LogP contribution in [0.15, 0.2) is 84.6 Å². The molecular weight excluding hydrogens is 424 g/mol. The molecule has 0 radical (unpaired) electrons. The van der Waals surface area contributed by atoms with Crippen LogP contribution in [0.3, 0.4) is 0 Å². The second-order valence-corrected chi connectivity index (χ2v) is 9.03. The summed E-state index contributed by atoms with van der Waals surface area (Å²) in [6, 6.07) is 24.8. The average molecular weight is 455 g/mol. The number of hydrogen-bond acceptors (Lipinski definition) is 4. The normalized spacial score (nSPS) is 13.7. The Bertz CT molecular complexity index is 1210. The predicted molar refractivity (Wildman–Crippen MR) is 135 cm³/mol. The first-order valence-corrected chi connectivity index (χ1v) is 11.5. The number of imide groups is 1. The largest absolute Gasteiger partial charge is 0.493 e. The minimum Gasteiger partial charge on any atom is -0.493 e. The Morgan fingerprint density at radius 2 is 1.50 bits per heavy atom. The van der Waals surface area contributed by atoms with Gasteiger partial charge in [0.1, 0.15) is 11.4 Å². The first kappa shape index (κ1) is 23.3. The van der Waals surface area contributed by atoms with Crippen molar-refractivity contribution in [2.75, 3.05) is 18.6 Å². The fraction of sp³-hybridized carbons (Fsp3) is 0.241. The van der Waals surface area contributed by atoms with E-state index < -0.39 is 0 Å². The highest BCUT2D eigenvalue weighted by atomic mass is 16.5. The fourth-order valence-corrected chi connectivity index (χ4v) is 4.08. The van der Waals surface area contributed by atoms with Crippen LogP contribution in [-0.4, -0.2) is 30.4 Å². The van der Waals surface area contributed by atoms with Gasteiger partial charge in [-0.1, -0.05) is 74.5 Å². The number of carbonyl (C=O) groups is 2. The quantitative estimate of drug-likeness (QED) is 0.425. The predicted octanol–water partition coefficient (Wildman–Crippen LogP) is 5.45. The van der Waals surface area contributed by atoms with Crippen molar-refractivity contribution >= 4 is 23.1 Å². The summed E-state index contributed by atoms with van der Waals surface area (Å²) in [4.78, 5) is 30.6. The maximum Gasteiger partial charge on any atom is 0.282 e. The number of ether oxygens (including phenoxy) is 1. The van der Waals surface area contributed by atoms with Crippen LogP contribution in [0, 0.1) is 12.8 Å². The molecule has 0 aromatic heterocycles. The van der Waals surface area contributed by atoms with Gasteiger partial charge in [-0.15, -0.1) is 0 Å². The molecule has 34 heavy (non-hydrogen) atoms. The summed E-state index contributed by atoms with van der Waals surface area (Å²) >= 11 is 0. The van der Waals surface area contributed by atoms with Gasteiger partial charge in [-0.2, -0.15) is 0 Å². The summed E-state index contributed by atoms with van der Waals surface area (Å²) in [6.45, 7) is 7.22. The zero-order chi connectivity index (χ0) is 24.2. The van der Waals surface area contributed by atoms with E-state index in [1.807, 2.05) is 97.7 Å². The van der Waals surface area contributed by atoms with Gasteiger partial charge < -0.3 is 9.64 Å². The average Bonchev–Trinajstić information content (AvgIpc) is 3.09. The lowest BCUT2D eigenvalue weighted by Crippen LogP contribution is -2.34. The van der Waals surface area contributed by atoms with Gasteiger partial charge in [0.05, 0.1) is 17.9 Å². The molecule has 0 fully saturated rings. The summed E-state index contributed by atoms with van der Waals surface area (Å²) in [7, 11) is 1.86. The van der Waals surface area contributed by atoms with Crippen LogP contribution in [0.1, 0.15) is 30.5 Å². The van der Waals surface area contributed by atoms with Gasteiger partial charge in [-0.05, 0) is 47.7 Å². The Hall–Kier alpha value is -3.86. The number of rotatable bonds is 8. The minimum atomic E-state index is -0.315. The van der Waals surface area contributed by atoms with Crippen LogP contribution < -0.4 is 9.64 Å². The van der Waals surface area contributed by atoms with E-state index >= 15 is 0 Å². The monoisotopic (exact) mass is 454 g/mol. The molecule has 2 amide bonds. The van der Waals surface area contributed by atoms with Crippen molar-refractivity contribution in [2.24, 2.45) is 5.92 Å². The molecule has 0 bridgehead atoms. The Morgan fingerprint density at radius 3 is 2.15 bits per heavy atom. The highest BCUT2D eigenvalue weighted by Crippen LogP contribution is 2.36. The number of likely N-dealkylation sites (N-methyl/N-ethyl adjacent to an activating group) is 1. The topological polar surface area (TPSA) is 49.9 Å². The molecule has 3 aromatic rings. The summed E-state index contributed by atoms with van der Waals surface area (Å²) in [5, 5.41) is 0. The first-order valence-electron chi connectivity index (χ1n) is 11.5. The SMILES string of the molecule is Cc1ccccc1N1C(=O)C(c2ccc(OCC(C)C)cc2)=C(N(C)Cc2ccccc2)C1=O. The molecule has 0 atom stereocenters. The van der Waals surface area contributed by atoms with Crippen molar-refractivity contribution in [3.05, 3.63) is 101 Å². The highest BCUT2D eigenvalue weighted by Gasteiger charge is 2.42. The molecule has 3 aromatic carbocycles. The maximum atomic E-state index is 13.7. The molecule has 5 nitrogen and oxygen atoms in total. The van der Waals surface area contributed by atoms with Crippen molar-refractivity contribution in [3.8, 4) is 5.75 Å². The van der Waals surface area contributed by atoms with Crippen molar-refractivity contribution in [1.82, 2.24) is 4.90 Å². The molecule has 0 saturated heterocycles. The van der Waals surface area contributed by atoms with Crippen LogP contribution in [0.2, 0.25) is 0 Å². The summed E-state index contributed by atoms with van der Waals surface area (Å²) in [5.41, 5.74) is 4.03. The van der Waals surface area contributed by atoms with Crippen molar-refractivity contribution in [1.29, 1.82) is 0 Å². The summed E-state index contributed by atoms with van der Waals surface area (Å²) in [5.74, 6) is 0.528. The molecular formula is C29H30N2O3. The lowest BCUT2D eigenvalue weighted by Gasteiger charge is -2.22. The number of para-hydroxylation sites is 1. The van der Waals surface area contributed by atoms with Crippen LogP contribution in [0.25, 0.3) is 5.57 Å². The van der Waals surface area contributed by atoms with Gasteiger partial charge in [0.2, 0.25) is 0 Å². The molecule has 1 aliphatic rings. The number of amides is 2. The molecule has 0 saturated carbocycles. The lowest BCUT2D eigenvalue weighted by atomic mass is 10.0. The van der Waals surface area contributed by atoms with Crippen molar-refractivity contribution < 1.29 is 14.3 Å². The molecule has 1 aliphatic heterocycles. The van der Waals surface area contributed by atoms with Gasteiger partial charge >= 0.3 is 0 Å². The second-order valence-electron chi connectivity index (χ2n) is 9.03. The number of anilines is 1. The van der Waals surface area contributed by atoms with Gasteiger partial charge in [0.15, 0.2) is 0 Å². The van der Waals surface area contributed by atoms with Crippen LogP contribution in [0.4, 0.5) is 5.69 Å². The van der Waals surface area contributed by atoms with Crippen LogP contribution >= 0.6 is 0 Å². The molecule has 0 N–H and O–H groups in total. The summed E-state index contributed by atoms with van der Waals surface area (Å²) < 4.78 is 5.80. The third kappa shape index (κ3) is 4.74. The highest BCUT2D eigenvalue weighted by molar-refractivity contribution is 6.45. The Morgan fingerprint density at radius 1 is 0.853 bits per heavy atom. The van der Waals surface area contributed by atoms with E-state index in [1.165, 1.54) is 4.90 Å². The van der Waals surface area contributed by atoms with E-state index in [1.54, 1.807) is 0 Å². The molecule has 1 heterocycles. The van der Waals surface area contributed by atoms with E-state index in [2.05, 4.69) is 13.8 Å². The number of carbonyl (C=O) groups excluding carboxylic acids is 2. The maximum absolute atomic E-state index is 13.7. The number of hydrogen-bond donors (Lipinski definition) is 0. The number of benzene rings is 3. The van der Waals surface area contributed by atoms with Gasteiger partial charge in [-0.3, -0.25) is 9.59 Å². The van der Waals surface area contributed by atoms with E-state index in [0.29, 0.717) is 41.6 Å². The lowest BCUT2D eigenvalue weighted by molar-refractivity contribution is -0.120. The van der Waals surface area contributed by atoms with E-state index in [4.69, 9.17) is 4.74 Å². The van der Waals surface area contributed by atoms with E-state index in [-0.39, 0.29) is 11.8 Å².